The summed E-state index contributed by atoms with van der Waals surface area (Å²) in [5, 5.41) is 7.52. The molecule has 1 heterocycles. The van der Waals surface area contributed by atoms with Gasteiger partial charge < -0.3 is 15.1 Å². The summed E-state index contributed by atoms with van der Waals surface area (Å²) in [6, 6.07) is 4.26. The van der Waals surface area contributed by atoms with Crippen LogP contribution in [0.2, 0.25) is 0 Å². The van der Waals surface area contributed by atoms with Gasteiger partial charge in [0.15, 0.2) is 11.5 Å². The third-order valence-corrected chi connectivity index (χ3v) is 2.73. The van der Waals surface area contributed by atoms with Crippen LogP contribution in [0.15, 0.2) is 22.6 Å². The summed E-state index contributed by atoms with van der Waals surface area (Å²) in [6.07, 6.45) is 0. The maximum absolute atomic E-state index is 11.7. The molecule has 106 valence electrons. The average molecular weight is 276 g/mol. The minimum Gasteiger partial charge on any atom is -0.441 e. The molecule has 3 amide bonds. The highest BCUT2D eigenvalue weighted by atomic mass is 16.3. The fourth-order valence-electron chi connectivity index (χ4n) is 1.73. The van der Waals surface area contributed by atoms with Crippen molar-refractivity contribution < 1.29 is 14.0 Å². The van der Waals surface area contributed by atoms with E-state index in [1.807, 2.05) is 0 Å². The van der Waals surface area contributed by atoms with Crippen molar-refractivity contribution in [3.8, 4) is 0 Å². The molecule has 20 heavy (non-hydrogen) atoms. The van der Waals surface area contributed by atoms with E-state index in [4.69, 9.17) is 4.42 Å². The number of hydrogen-bond donors (Lipinski definition) is 3. The quantitative estimate of drug-likeness (QED) is 0.787. The lowest BCUT2D eigenvalue weighted by Gasteiger charge is -2.14. The minimum absolute atomic E-state index is 0.416. The van der Waals surface area contributed by atoms with Gasteiger partial charge in [0.05, 0.1) is 0 Å². The van der Waals surface area contributed by atoms with Crippen LogP contribution in [0.25, 0.3) is 11.1 Å². The lowest BCUT2D eigenvalue weighted by molar-refractivity contribution is -0.120. The van der Waals surface area contributed by atoms with Crippen LogP contribution < -0.4 is 16.0 Å². The number of carbonyl (C=O) groups excluding carboxylic acids is 2. The van der Waals surface area contributed by atoms with E-state index in [0.29, 0.717) is 17.0 Å². The molecule has 0 saturated carbocycles. The summed E-state index contributed by atoms with van der Waals surface area (Å²) in [5.41, 5.74) is 2.13. The first-order chi connectivity index (χ1) is 9.49. The molecule has 0 aliphatic carbocycles. The van der Waals surface area contributed by atoms with E-state index in [-0.39, 0.29) is 0 Å². The summed E-state index contributed by atoms with van der Waals surface area (Å²) in [6.45, 7) is 3.43. The molecule has 0 spiro atoms. The monoisotopic (exact) mass is 276 g/mol. The van der Waals surface area contributed by atoms with Crippen LogP contribution in [0.1, 0.15) is 12.8 Å². The van der Waals surface area contributed by atoms with E-state index >= 15 is 0 Å². The van der Waals surface area contributed by atoms with Crippen LogP contribution in [0.4, 0.5) is 10.5 Å². The Labute approximate surface area is 115 Å². The molecule has 0 bridgehead atoms. The number of urea groups is 1. The van der Waals surface area contributed by atoms with Crippen molar-refractivity contribution >= 4 is 28.7 Å². The Morgan fingerprint density at radius 2 is 2.10 bits per heavy atom. The van der Waals surface area contributed by atoms with Crippen LogP contribution in [-0.4, -0.2) is 30.0 Å². The number of aryl methyl sites for hydroxylation is 1. The second-order valence-electron chi connectivity index (χ2n) is 4.35. The van der Waals surface area contributed by atoms with E-state index < -0.39 is 18.0 Å². The van der Waals surface area contributed by atoms with Gasteiger partial charge in [-0.15, -0.1) is 0 Å². The number of rotatable bonds is 3. The lowest BCUT2D eigenvalue weighted by Crippen LogP contribution is -2.44. The number of benzene rings is 1. The van der Waals surface area contributed by atoms with Gasteiger partial charge in [0.1, 0.15) is 11.6 Å². The Bertz CT molecular complexity index is 650. The molecule has 0 fully saturated rings. The molecule has 1 aromatic carbocycles. The number of carbonyl (C=O) groups is 2. The van der Waals surface area contributed by atoms with E-state index in [1.54, 1.807) is 32.0 Å². The molecule has 1 atom stereocenters. The van der Waals surface area contributed by atoms with E-state index in [0.717, 1.165) is 5.69 Å². The van der Waals surface area contributed by atoms with Gasteiger partial charge in [0.25, 0.3) is 0 Å². The molecule has 2 aromatic rings. The van der Waals surface area contributed by atoms with Crippen LogP contribution >= 0.6 is 0 Å². The predicted octanol–water partition coefficient (Wildman–Crippen LogP) is 1.39. The highest BCUT2D eigenvalue weighted by Gasteiger charge is 2.15. The molecule has 0 aliphatic heterocycles. The molecule has 0 radical (unpaired) electrons. The zero-order chi connectivity index (χ0) is 14.7. The SMILES string of the molecule is CNC(=O)NC(=O)C(C)Nc1ccc2oc(C)nc2c1. The van der Waals surface area contributed by atoms with Crippen molar-refractivity contribution in [3.63, 3.8) is 0 Å². The highest BCUT2D eigenvalue weighted by molar-refractivity contribution is 5.98. The molecular weight excluding hydrogens is 260 g/mol. The van der Waals surface area contributed by atoms with Gasteiger partial charge in [-0.3, -0.25) is 10.1 Å². The average Bonchev–Trinajstić information content (AvgIpc) is 2.77. The van der Waals surface area contributed by atoms with Crippen molar-refractivity contribution in [2.75, 3.05) is 12.4 Å². The smallest absolute Gasteiger partial charge is 0.321 e. The van der Waals surface area contributed by atoms with Gasteiger partial charge in [-0.2, -0.15) is 0 Å². The Morgan fingerprint density at radius 1 is 1.35 bits per heavy atom. The molecule has 2 rings (SSSR count). The predicted molar refractivity (Wildman–Crippen MR) is 74.4 cm³/mol. The summed E-state index contributed by atoms with van der Waals surface area (Å²) >= 11 is 0. The van der Waals surface area contributed by atoms with E-state index in [9.17, 15) is 9.59 Å². The number of anilines is 1. The summed E-state index contributed by atoms with van der Waals surface area (Å²) < 4.78 is 5.37. The fraction of sp³-hybridized carbons (Fsp3) is 0.308. The number of hydrogen-bond acceptors (Lipinski definition) is 5. The molecule has 1 aromatic heterocycles. The number of nitrogens with one attached hydrogen (secondary N) is 3. The summed E-state index contributed by atoms with van der Waals surface area (Å²) in [4.78, 5) is 27.0. The number of fused-ring (bicyclic) bond motifs is 1. The number of oxazole rings is 1. The number of imide groups is 1. The Hall–Kier alpha value is -2.57. The third-order valence-electron chi connectivity index (χ3n) is 2.73. The van der Waals surface area contributed by atoms with Gasteiger partial charge in [0.2, 0.25) is 5.91 Å². The van der Waals surface area contributed by atoms with Crippen molar-refractivity contribution in [1.82, 2.24) is 15.6 Å². The summed E-state index contributed by atoms with van der Waals surface area (Å²) in [7, 11) is 1.45. The Balaban J connectivity index is 2.07. The van der Waals surface area contributed by atoms with Crippen molar-refractivity contribution in [2.45, 2.75) is 19.9 Å². The minimum atomic E-state index is -0.558. The van der Waals surface area contributed by atoms with E-state index in [2.05, 4.69) is 20.9 Å². The first-order valence-electron chi connectivity index (χ1n) is 6.16. The van der Waals surface area contributed by atoms with Crippen LogP contribution in [0.3, 0.4) is 0 Å². The van der Waals surface area contributed by atoms with Crippen molar-refractivity contribution in [2.24, 2.45) is 0 Å². The topological polar surface area (TPSA) is 96.3 Å². The zero-order valence-corrected chi connectivity index (χ0v) is 11.5. The first kappa shape index (κ1) is 13.9. The van der Waals surface area contributed by atoms with Crippen LogP contribution in [-0.2, 0) is 4.79 Å². The number of nitrogens with zero attached hydrogens (tertiary/aromatic N) is 1. The maximum atomic E-state index is 11.7. The van der Waals surface area contributed by atoms with E-state index in [1.165, 1.54) is 7.05 Å². The molecule has 7 nitrogen and oxygen atoms in total. The van der Waals surface area contributed by atoms with Gasteiger partial charge in [0, 0.05) is 19.7 Å². The third kappa shape index (κ3) is 3.05. The Morgan fingerprint density at radius 3 is 2.80 bits per heavy atom. The standard InChI is InChI=1S/C13H16N4O3/c1-7(12(18)17-13(19)14-3)15-9-4-5-11-10(6-9)16-8(2)20-11/h4-7,15H,1-3H3,(H2,14,17,18,19). The van der Waals surface area contributed by atoms with Gasteiger partial charge >= 0.3 is 6.03 Å². The Kier molecular flexibility index (Phi) is 3.88. The molecular formula is C13H16N4O3. The first-order valence-corrected chi connectivity index (χ1v) is 6.16. The van der Waals surface area contributed by atoms with Crippen LogP contribution in [0, 0.1) is 6.92 Å². The van der Waals surface area contributed by atoms with Gasteiger partial charge in [-0.05, 0) is 25.1 Å². The molecule has 3 N–H and O–H groups in total. The van der Waals surface area contributed by atoms with Crippen LogP contribution in [0.5, 0.6) is 0 Å². The normalized spacial score (nSPS) is 11.9. The number of aromatic nitrogens is 1. The molecule has 0 saturated heterocycles. The molecule has 7 heteroatoms. The number of amides is 3. The van der Waals surface area contributed by atoms with Gasteiger partial charge in [-0.25, -0.2) is 9.78 Å². The second kappa shape index (κ2) is 5.60. The van der Waals surface area contributed by atoms with Crippen molar-refractivity contribution in [1.29, 1.82) is 0 Å². The molecule has 0 aliphatic rings. The summed E-state index contributed by atoms with van der Waals surface area (Å²) in [5.74, 6) is 0.170. The van der Waals surface area contributed by atoms with Gasteiger partial charge in [-0.1, -0.05) is 0 Å². The van der Waals surface area contributed by atoms with Crippen molar-refractivity contribution in [3.05, 3.63) is 24.1 Å². The maximum Gasteiger partial charge on any atom is 0.321 e. The second-order valence-corrected chi connectivity index (χ2v) is 4.35. The lowest BCUT2D eigenvalue weighted by atomic mass is 10.2. The largest absolute Gasteiger partial charge is 0.441 e. The molecule has 1 unspecified atom stereocenters. The highest BCUT2D eigenvalue weighted by Crippen LogP contribution is 2.20. The zero-order valence-electron chi connectivity index (χ0n) is 11.5. The fourth-order valence-corrected chi connectivity index (χ4v) is 1.73.